The molecule has 0 saturated carbocycles. The molecule has 0 fully saturated rings. The van der Waals surface area contributed by atoms with Gasteiger partial charge in [-0.2, -0.15) is 0 Å². The second-order valence-corrected chi connectivity index (χ2v) is 2.24. The minimum Gasteiger partial charge on any atom is -0.423 e. The standard InChI is InChI=1S/C7H6ClNO2/c1-5(10)11-6-3-2-4-9-7(6)8/h2-4H,1H3. The largest absolute Gasteiger partial charge is 0.423 e. The molecule has 0 bridgehead atoms. The highest BCUT2D eigenvalue weighted by molar-refractivity contribution is 6.30. The molecule has 1 aromatic heterocycles. The Kier molecular flexibility index (Phi) is 2.44. The molecule has 0 N–H and O–H groups in total. The molecule has 0 radical (unpaired) electrons. The molecule has 0 saturated heterocycles. The van der Waals surface area contributed by atoms with Crippen LogP contribution in [0.15, 0.2) is 18.3 Å². The molecule has 0 amide bonds. The molecule has 4 heteroatoms. The molecule has 0 aliphatic carbocycles. The molecular formula is C7H6ClNO2. The Balaban J connectivity index is 2.86. The summed E-state index contributed by atoms with van der Waals surface area (Å²) < 4.78 is 4.71. The van der Waals surface area contributed by atoms with Gasteiger partial charge in [-0.25, -0.2) is 4.98 Å². The van der Waals surface area contributed by atoms with Crippen LogP contribution in [-0.4, -0.2) is 11.0 Å². The van der Waals surface area contributed by atoms with Crippen LogP contribution in [0, 0.1) is 0 Å². The maximum Gasteiger partial charge on any atom is 0.308 e. The highest BCUT2D eigenvalue weighted by atomic mass is 35.5. The second-order valence-electron chi connectivity index (χ2n) is 1.89. The minimum absolute atomic E-state index is 0.197. The van der Waals surface area contributed by atoms with Crippen LogP contribution >= 0.6 is 11.6 Å². The van der Waals surface area contributed by atoms with Crippen LogP contribution in [0.3, 0.4) is 0 Å². The number of carbonyl (C=O) groups is 1. The zero-order valence-electron chi connectivity index (χ0n) is 5.87. The Morgan fingerprint density at radius 2 is 2.45 bits per heavy atom. The van der Waals surface area contributed by atoms with Gasteiger partial charge in [0.2, 0.25) is 0 Å². The average molecular weight is 172 g/mol. The zero-order valence-corrected chi connectivity index (χ0v) is 6.63. The summed E-state index contributed by atoms with van der Waals surface area (Å²) >= 11 is 5.58. The fourth-order valence-corrected chi connectivity index (χ4v) is 0.760. The highest BCUT2D eigenvalue weighted by Crippen LogP contribution is 2.19. The number of ether oxygens (including phenoxy) is 1. The summed E-state index contributed by atoms with van der Waals surface area (Å²) in [4.78, 5) is 14.2. The van der Waals surface area contributed by atoms with E-state index in [-0.39, 0.29) is 5.15 Å². The van der Waals surface area contributed by atoms with Gasteiger partial charge in [-0.1, -0.05) is 11.6 Å². The van der Waals surface area contributed by atoms with E-state index < -0.39 is 5.97 Å². The molecule has 1 rings (SSSR count). The maximum atomic E-state index is 10.5. The molecule has 1 heterocycles. The predicted molar refractivity (Wildman–Crippen MR) is 40.6 cm³/mol. The lowest BCUT2D eigenvalue weighted by atomic mass is 10.5. The molecule has 3 nitrogen and oxygen atoms in total. The van der Waals surface area contributed by atoms with E-state index in [0.29, 0.717) is 5.75 Å². The number of hydrogen-bond donors (Lipinski definition) is 0. The summed E-state index contributed by atoms with van der Waals surface area (Å²) in [5.41, 5.74) is 0. The smallest absolute Gasteiger partial charge is 0.308 e. The van der Waals surface area contributed by atoms with E-state index in [0.717, 1.165) is 0 Å². The Labute approximate surface area is 69.0 Å². The average Bonchev–Trinajstić information content (AvgIpc) is 1.93. The van der Waals surface area contributed by atoms with E-state index >= 15 is 0 Å². The van der Waals surface area contributed by atoms with Gasteiger partial charge in [-0.3, -0.25) is 4.79 Å². The molecule has 0 aliphatic heterocycles. The van der Waals surface area contributed by atoms with Gasteiger partial charge in [0.05, 0.1) is 0 Å². The van der Waals surface area contributed by atoms with Crippen LogP contribution in [0.2, 0.25) is 5.15 Å². The Bertz CT molecular complexity index is 275. The summed E-state index contributed by atoms with van der Waals surface area (Å²) in [7, 11) is 0. The van der Waals surface area contributed by atoms with Crippen molar-refractivity contribution in [3.63, 3.8) is 0 Å². The number of rotatable bonds is 1. The lowest BCUT2D eigenvalue weighted by molar-refractivity contribution is -0.131. The van der Waals surface area contributed by atoms with Crippen LogP contribution < -0.4 is 4.74 Å². The van der Waals surface area contributed by atoms with Crippen molar-refractivity contribution in [1.82, 2.24) is 4.98 Å². The van der Waals surface area contributed by atoms with E-state index in [4.69, 9.17) is 16.3 Å². The first-order valence-corrected chi connectivity index (χ1v) is 3.37. The minimum atomic E-state index is -0.403. The molecule has 1 aromatic rings. The number of carbonyl (C=O) groups excluding carboxylic acids is 1. The lowest BCUT2D eigenvalue weighted by Crippen LogP contribution is -2.01. The molecule has 58 valence electrons. The van der Waals surface area contributed by atoms with Crippen molar-refractivity contribution < 1.29 is 9.53 Å². The fraction of sp³-hybridized carbons (Fsp3) is 0.143. The van der Waals surface area contributed by atoms with Crippen molar-refractivity contribution >= 4 is 17.6 Å². The van der Waals surface area contributed by atoms with Gasteiger partial charge in [-0.15, -0.1) is 0 Å². The Hall–Kier alpha value is -1.09. The van der Waals surface area contributed by atoms with Crippen molar-refractivity contribution in [2.75, 3.05) is 0 Å². The summed E-state index contributed by atoms with van der Waals surface area (Å²) in [5.74, 6) is -0.110. The molecule has 11 heavy (non-hydrogen) atoms. The quantitative estimate of drug-likeness (QED) is 0.477. The number of pyridine rings is 1. The van der Waals surface area contributed by atoms with E-state index in [1.54, 1.807) is 12.1 Å². The van der Waals surface area contributed by atoms with Crippen LogP contribution in [0.25, 0.3) is 0 Å². The molecule has 0 unspecified atom stereocenters. The van der Waals surface area contributed by atoms with E-state index in [1.807, 2.05) is 0 Å². The maximum absolute atomic E-state index is 10.5. The van der Waals surface area contributed by atoms with Gasteiger partial charge in [0, 0.05) is 13.1 Å². The Morgan fingerprint density at radius 3 is 3.00 bits per heavy atom. The van der Waals surface area contributed by atoms with Gasteiger partial charge < -0.3 is 4.74 Å². The first-order chi connectivity index (χ1) is 5.20. The van der Waals surface area contributed by atoms with Crippen molar-refractivity contribution in [2.45, 2.75) is 6.92 Å². The molecule has 0 atom stereocenters. The van der Waals surface area contributed by atoms with Crippen molar-refractivity contribution in [2.24, 2.45) is 0 Å². The van der Waals surface area contributed by atoms with Crippen molar-refractivity contribution in [3.8, 4) is 5.75 Å². The molecule has 0 spiro atoms. The third-order valence-electron chi connectivity index (χ3n) is 0.979. The summed E-state index contributed by atoms with van der Waals surface area (Å²) in [6.45, 7) is 1.31. The number of esters is 1. The van der Waals surface area contributed by atoms with Crippen molar-refractivity contribution in [1.29, 1.82) is 0 Å². The topological polar surface area (TPSA) is 39.2 Å². The predicted octanol–water partition coefficient (Wildman–Crippen LogP) is 1.66. The Morgan fingerprint density at radius 1 is 1.73 bits per heavy atom. The number of aromatic nitrogens is 1. The fourth-order valence-electron chi connectivity index (χ4n) is 0.602. The lowest BCUT2D eigenvalue weighted by Gasteiger charge is -2.00. The van der Waals surface area contributed by atoms with Gasteiger partial charge in [0.15, 0.2) is 10.9 Å². The summed E-state index contributed by atoms with van der Waals surface area (Å²) in [5, 5.41) is 0.197. The van der Waals surface area contributed by atoms with Gasteiger partial charge in [0.1, 0.15) is 0 Å². The number of halogens is 1. The van der Waals surface area contributed by atoms with Gasteiger partial charge in [-0.05, 0) is 12.1 Å². The highest BCUT2D eigenvalue weighted by Gasteiger charge is 2.02. The van der Waals surface area contributed by atoms with E-state index in [9.17, 15) is 4.79 Å². The number of hydrogen-bond acceptors (Lipinski definition) is 3. The van der Waals surface area contributed by atoms with Crippen LogP contribution in [0.1, 0.15) is 6.92 Å². The monoisotopic (exact) mass is 171 g/mol. The molecule has 0 aromatic carbocycles. The van der Waals surface area contributed by atoms with Crippen LogP contribution in [0.4, 0.5) is 0 Å². The van der Waals surface area contributed by atoms with Crippen LogP contribution in [0.5, 0.6) is 5.75 Å². The number of nitrogens with zero attached hydrogens (tertiary/aromatic N) is 1. The second kappa shape index (κ2) is 3.34. The van der Waals surface area contributed by atoms with Gasteiger partial charge >= 0.3 is 5.97 Å². The summed E-state index contributed by atoms with van der Waals surface area (Å²) in [6.07, 6.45) is 1.52. The molecular weight excluding hydrogens is 166 g/mol. The van der Waals surface area contributed by atoms with E-state index in [1.165, 1.54) is 13.1 Å². The van der Waals surface area contributed by atoms with Crippen molar-refractivity contribution in [3.05, 3.63) is 23.5 Å². The SMILES string of the molecule is CC(=O)Oc1cccnc1Cl. The first-order valence-electron chi connectivity index (χ1n) is 2.99. The first kappa shape index (κ1) is 8.01. The summed E-state index contributed by atoms with van der Waals surface area (Å²) in [6, 6.07) is 3.22. The van der Waals surface area contributed by atoms with E-state index in [2.05, 4.69) is 4.98 Å². The van der Waals surface area contributed by atoms with Crippen LogP contribution in [-0.2, 0) is 4.79 Å². The molecule has 0 aliphatic rings. The third kappa shape index (κ3) is 2.20. The zero-order chi connectivity index (χ0) is 8.27. The normalized spacial score (nSPS) is 9.27. The van der Waals surface area contributed by atoms with Gasteiger partial charge in [0.25, 0.3) is 0 Å². The third-order valence-corrected chi connectivity index (χ3v) is 1.26.